The first kappa shape index (κ1) is 15.6. The fourth-order valence-corrected chi connectivity index (χ4v) is 2.38. The van der Waals surface area contributed by atoms with E-state index in [0.717, 1.165) is 17.7 Å². The van der Waals surface area contributed by atoms with Crippen LogP contribution in [0.15, 0.2) is 22.9 Å². The second-order valence-corrected chi connectivity index (χ2v) is 6.29. The van der Waals surface area contributed by atoms with Crippen LogP contribution in [0.5, 0.6) is 0 Å². The Kier molecular flexibility index (Phi) is 4.73. The third kappa shape index (κ3) is 3.67. The lowest BCUT2D eigenvalue weighted by atomic mass is 9.85. The molecular weight excluding hydrogens is 264 g/mol. The molecule has 1 atom stereocenters. The van der Waals surface area contributed by atoms with Crippen LogP contribution in [0.3, 0.4) is 0 Å². The molecule has 2 aromatic heterocycles. The Balaban J connectivity index is 2.22. The topological polar surface area (TPSA) is 63.8 Å². The monoisotopic (exact) mass is 288 g/mol. The molecule has 5 nitrogen and oxygen atoms in total. The maximum Gasteiger partial charge on any atom is 0.228 e. The van der Waals surface area contributed by atoms with Gasteiger partial charge in [-0.25, -0.2) is 0 Å². The quantitative estimate of drug-likeness (QED) is 0.916. The molecule has 0 aromatic carbocycles. The van der Waals surface area contributed by atoms with Crippen LogP contribution >= 0.6 is 0 Å². The highest BCUT2D eigenvalue weighted by Gasteiger charge is 2.25. The van der Waals surface area contributed by atoms with Gasteiger partial charge in [0.05, 0.1) is 0 Å². The zero-order valence-corrected chi connectivity index (χ0v) is 13.5. The molecule has 21 heavy (non-hydrogen) atoms. The minimum atomic E-state index is 0.128. The van der Waals surface area contributed by atoms with Crippen molar-refractivity contribution in [3.05, 3.63) is 29.8 Å². The second-order valence-electron chi connectivity index (χ2n) is 6.29. The van der Waals surface area contributed by atoms with Gasteiger partial charge in [-0.1, -0.05) is 38.9 Å². The number of rotatable bonds is 5. The van der Waals surface area contributed by atoms with Crippen LogP contribution in [0.1, 0.15) is 39.1 Å². The van der Waals surface area contributed by atoms with Crippen LogP contribution in [-0.2, 0) is 12.8 Å². The molecule has 1 unspecified atom stereocenters. The van der Waals surface area contributed by atoms with Crippen LogP contribution in [0, 0.1) is 5.41 Å². The van der Waals surface area contributed by atoms with Gasteiger partial charge in [0.1, 0.15) is 5.69 Å². The van der Waals surface area contributed by atoms with E-state index in [1.807, 2.05) is 19.2 Å². The van der Waals surface area contributed by atoms with Crippen LogP contribution < -0.4 is 5.32 Å². The van der Waals surface area contributed by atoms with Gasteiger partial charge in [0.2, 0.25) is 11.7 Å². The fourth-order valence-electron chi connectivity index (χ4n) is 2.38. The van der Waals surface area contributed by atoms with E-state index in [2.05, 4.69) is 48.1 Å². The highest BCUT2D eigenvalue weighted by Crippen LogP contribution is 2.23. The zero-order chi connectivity index (χ0) is 15.5. The molecule has 1 N–H and O–H groups in total. The summed E-state index contributed by atoms with van der Waals surface area (Å²) in [7, 11) is 1.96. The number of nitrogens with one attached hydrogen (secondary N) is 1. The standard InChI is InChI=1S/C16H24N4O/c1-6-11-8-7-9-18-14(11)15-19-13(21-20-15)10-12(17-5)16(2,3)4/h7-9,12,17H,6,10H2,1-5H3. The lowest BCUT2D eigenvalue weighted by Gasteiger charge is -2.29. The minimum absolute atomic E-state index is 0.128. The molecule has 0 aliphatic carbocycles. The predicted molar refractivity (Wildman–Crippen MR) is 82.9 cm³/mol. The first-order valence-electron chi connectivity index (χ1n) is 7.39. The fraction of sp³-hybridized carbons (Fsp3) is 0.562. The first-order valence-corrected chi connectivity index (χ1v) is 7.39. The highest BCUT2D eigenvalue weighted by molar-refractivity contribution is 5.53. The van der Waals surface area contributed by atoms with Crippen LogP contribution in [0.4, 0.5) is 0 Å². The molecule has 0 spiro atoms. The zero-order valence-electron chi connectivity index (χ0n) is 13.5. The summed E-state index contributed by atoms with van der Waals surface area (Å²) in [5, 5.41) is 7.41. The molecule has 0 saturated carbocycles. The average molecular weight is 288 g/mol. The Morgan fingerprint density at radius 2 is 2.10 bits per heavy atom. The van der Waals surface area contributed by atoms with Crippen molar-refractivity contribution in [1.82, 2.24) is 20.4 Å². The number of aryl methyl sites for hydroxylation is 1. The summed E-state index contributed by atoms with van der Waals surface area (Å²) in [5.74, 6) is 1.22. The molecule has 0 amide bonds. The van der Waals surface area contributed by atoms with Crippen LogP contribution in [-0.4, -0.2) is 28.2 Å². The van der Waals surface area contributed by atoms with Crippen molar-refractivity contribution in [3.8, 4) is 11.5 Å². The van der Waals surface area contributed by atoms with E-state index in [0.29, 0.717) is 18.1 Å². The maximum absolute atomic E-state index is 5.40. The number of hydrogen-bond acceptors (Lipinski definition) is 5. The minimum Gasteiger partial charge on any atom is -0.339 e. The summed E-state index contributed by atoms with van der Waals surface area (Å²) in [6.45, 7) is 8.68. The van der Waals surface area contributed by atoms with Gasteiger partial charge in [0.15, 0.2) is 0 Å². The number of likely N-dealkylation sites (N-methyl/N-ethyl adjacent to an activating group) is 1. The lowest BCUT2D eigenvalue weighted by Crippen LogP contribution is -2.39. The molecule has 0 fully saturated rings. The van der Waals surface area contributed by atoms with Crippen molar-refractivity contribution in [3.63, 3.8) is 0 Å². The van der Waals surface area contributed by atoms with Crippen molar-refractivity contribution in [1.29, 1.82) is 0 Å². The van der Waals surface area contributed by atoms with Gasteiger partial charge < -0.3 is 9.84 Å². The Bertz CT molecular complexity index is 586. The molecule has 2 heterocycles. The third-order valence-electron chi connectivity index (χ3n) is 3.72. The van der Waals surface area contributed by atoms with E-state index >= 15 is 0 Å². The van der Waals surface area contributed by atoms with E-state index in [-0.39, 0.29) is 11.5 Å². The van der Waals surface area contributed by atoms with Crippen LogP contribution in [0.25, 0.3) is 11.5 Å². The average Bonchev–Trinajstić information content (AvgIpc) is 2.92. The van der Waals surface area contributed by atoms with Crippen molar-refractivity contribution < 1.29 is 4.52 Å². The third-order valence-corrected chi connectivity index (χ3v) is 3.72. The summed E-state index contributed by atoms with van der Waals surface area (Å²) in [4.78, 5) is 8.89. The van der Waals surface area contributed by atoms with Gasteiger partial charge in [0.25, 0.3) is 0 Å². The predicted octanol–water partition coefficient (Wildman–Crippen LogP) is 2.87. The van der Waals surface area contributed by atoms with Gasteiger partial charge >= 0.3 is 0 Å². The first-order chi connectivity index (χ1) is 9.95. The van der Waals surface area contributed by atoms with Crippen molar-refractivity contribution in [2.45, 2.75) is 46.6 Å². The summed E-state index contributed by atoms with van der Waals surface area (Å²) in [6, 6.07) is 4.25. The largest absolute Gasteiger partial charge is 0.339 e. The van der Waals surface area contributed by atoms with Gasteiger partial charge in [-0.3, -0.25) is 4.98 Å². The molecule has 0 saturated heterocycles. The summed E-state index contributed by atoms with van der Waals surface area (Å²) in [6.07, 6.45) is 3.37. The SMILES string of the molecule is CCc1cccnc1-c1noc(CC(NC)C(C)(C)C)n1. The van der Waals surface area contributed by atoms with E-state index in [1.54, 1.807) is 6.20 Å². The van der Waals surface area contributed by atoms with Crippen LogP contribution in [0.2, 0.25) is 0 Å². The normalized spacial score (nSPS) is 13.4. The molecule has 5 heteroatoms. The molecule has 2 aromatic rings. The molecule has 0 bridgehead atoms. The smallest absolute Gasteiger partial charge is 0.228 e. The van der Waals surface area contributed by atoms with Crippen molar-refractivity contribution in [2.75, 3.05) is 7.05 Å². The molecule has 0 radical (unpaired) electrons. The summed E-state index contributed by atoms with van der Waals surface area (Å²) >= 11 is 0. The molecular formula is C16H24N4O. The Hall–Kier alpha value is -1.75. The molecule has 0 aliphatic heterocycles. The Morgan fingerprint density at radius 3 is 2.71 bits per heavy atom. The van der Waals surface area contributed by atoms with E-state index in [1.165, 1.54) is 0 Å². The summed E-state index contributed by atoms with van der Waals surface area (Å²) in [5.41, 5.74) is 2.07. The van der Waals surface area contributed by atoms with Crippen molar-refractivity contribution in [2.24, 2.45) is 5.41 Å². The number of pyridine rings is 1. The molecule has 2 rings (SSSR count). The lowest BCUT2D eigenvalue weighted by molar-refractivity contribution is 0.255. The number of nitrogens with zero attached hydrogens (tertiary/aromatic N) is 3. The van der Waals surface area contributed by atoms with E-state index in [4.69, 9.17) is 4.52 Å². The highest BCUT2D eigenvalue weighted by atomic mass is 16.5. The Morgan fingerprint density at radius 1 is 1.33 bits per heavy atom. The van der Waals surface area contributed by atoms with Crippen molar-refractivity contribution >= 4 is 0 Å². The molecule has 0 aliphatic rings. The van der Waals surface area contributed by atoms with Gasteiger partial charge in [-0.2, -0.15) is 4.98 Å². The summed E-state index contributed by atoms with van der Waals surface area (Å²) < 4.78 is 5.40. The maximum atomic E-state index is 5.40. The molecule has 114 valence electrons. The van der Waals surface area contributed by atoms with E-state index in [9.17, 15) is 0 Å². The van der Waals surface area contributed by atoms with Gasteiger partial charge in [-0.15, -0.1) is 0 Å². The van der Waals surface area contributed by atoms with Gasteiger partial charge in [0, 0.05) is 18.7 Å². The van der Waals surface area contributed by atoms with Gasteiger partial charge in [-0.05, 0) is 30.5 Å². The van der Waals surface area contributed by atoms with E-state index < -0.39 is 0 Å². The number of hydrogen-bond donors (Lipinski definition) is 1. The number of aromatic nitrogens is 3. The Labute approximate surface area is 126 Å². The second kappa shape index (κ2) is 6.35.